The molecular weight excluding hydrogens is 309 g/mol. The van der Waals surface area contributed by atoms with Crippen molar-refractivity contribution in [2.75, 3.05) is 5.32 Å². The van der Waals surface area contributed by atoms with Crippen LogP contribution in [0.25, 0.3) is 0 Å². The molecule has 0 spiro atoms. The zero-order valence-corrected chi connectivity index (χ0v) is 12.4. The molecule has 2 rings (SSSR count). The Hall–Kier alpha value is -1.27. The molecule has 0 fully saturated rings. The number of halogens is 4. The van der Waals surface area contributed by atoms with Crippen LogP contribution in [-0.4, -0.2) is 4.98 Å². The van der Waals surface area contributed by atoms with Crippen molar-refractivity contribution in [3.05, 3.63) is 44.4 Å². The lowest BCUT2D eigenvalue weighted by molar-refractivity contribution is -0.137. The van der Waals surface area contributed by atoms with Gasteiger partial charge < -0.3 is 5.32 Å². The fraction of sp³-hybridized carbons (Fsp3) is 0.308. The third-order valence-corrected chi connectivity index (χ3v) is 4.18. The van der Waals surface area contributed by atoms with E-state index in [-0.39, 0.29) is 5.02 Å². The maximum atomic E-state index is 12.5. The number of nitrogens with one attached hydrogen (secondary N) is 1. The first-order valence-electron chi connectivity index (χ1n) is 5.81. The van der Waals surface area contributed by atoms with Crippen LogP contribution in [0.3, 0.4) is 0 Å². The predicted octanol–water partition coefficient (Wildman–Crippen LogP) is 5.04. The Morgan fingerprint density at radius 2 is 2.00 bits per heavy atom. The first-order chi connectivity index (χ1) is 9.27. The van der Waals surface area contributed by atoms with Crippen molar-refractivity contribution < 1.29 is 13.2 Å². The highest BCUT2D eigenvalue weighted by atomic mass is 35.5. The van der Waals surface area contributed by atoms with Crippen LogP contribution in [0.15, 0.2) is 18.2 Å². The van der Waals surface area contributed by atoms with Crippen LogP contribution in [0.5, 0.6) is 0 Å². The van der Waals surface area contributed by atoms with E-state index in [9.17, 15) is 13.2 Å². The molecule has 0 aliphatic heterocycles. The van der Waals surface area contributed by atoms with Crippen molar-refractivity contribution in [3.63, 3.8) is 0 Å². The number of alkyl halides is 3. The lowest BCUT2D eigenvalue weighted by Crippen LogP contribution is -2.06. The summed E-state index contributed by atoms with van der Waals surface area (Å²) in [7, 11) is 0. The van der Waals surface area contributed by atoms with Gasteiger partial charge >= 0.3 is 6.18 Å². The molecule has 0 aliphatic rings. The first-order valence-corrected chi connectivity index (χ1v) is 7.00. The summed E-state index contributed by atoms with van der Waals surface area (Å²) >= 11 is 7.41. The monoisotopic (exact) mass is 320 g/mol. The van der Waals surface area contributed by atoms with Gasteiger partial charge in [-0.3, -0.25) is 0 Å². The number of hydrogen-bond donors (Lipinski definition) is 1. The van der Waals surface area contributed by atoms with Gasteiger partial charge in [0, 0.05) is 4.88 Å². The minimum atomic E-state index is -4.38. The van der Waals surface area contributed by atoms with Gasteiger partial charge in [0.1, 0.15) is 5.01 Å². The summed E-state index contributed by atoms with van der Waals surface area (Å²) in [5.41, 5.74) is 0.671. The van der Waals surface area contributed by atoms with Crippen molar-refractivity contribution in [3.8, 4) is 0 Å². The number of benzene rings is 1. The van der Waals surface area contributed by atoms with Gasteiger partial charge in [-0.15, -0.1) is 11.3 Å². The minimum absolute atomic E-state index is 0.0461. The number of nitrogens with zero attached hydrogens (tertiary/aromatic N) is 1. The van der Waals surface area contributed by atoms with Gasteiger partial charge in [-0.2, -0.15) is 13.2 Å². The lowest BCUT2D eigenvalue weighted by atomic mass is 10.2. The van der Waals surface area contributed by atoms with E-state index in [4.69, 9.17) is 11.6 Å². The van der Waals surface area contributed by atoms with Gasteiger partial charge in [-0.05, 0) is 32.0 Å². The van der Waals surface area contributed by atoms with E-state index in [1.54, 1.807) is 11.3 Å². The highest BCUT2D eigenvalue weighted by Crippen LogP contribution is 2.34. The van der Waals surface area contributed by atoms with E-state index in [2.05, 4.69) is 10.3 Å². The van der Waals surface area contributed by atoms with Crippen LogP contribution in [0.2, 0.25) is 5.02 Å². The van der Waals surface area contributed by atoms with Crippen LogP contribution in [0.4, 0.5) is 18.9 Å². The number of rotatable bonds is 3. The third kappa shape index (κ3) is 3.43. The zero-order valence-electron chi connectivity index (χ0n) is 10.8. The van der Waals surface area contributed by atoms with E-state index in [1.165, 1.54) is 6.07 Å². The van der Waals surface area contributed by atoms with Crippen LogP contribution in [-0.2, 0) is 12.7 Å². The molecule has 0 saturated carbocycles. The van der Waals surface area contributed by atoms with Gasteiger partial charge in [-0.25, -0.2) is 4.98 Å². The van der Waals surface area contributed by atoms with E-state index < -0.39 is 11.7 Å². The number of aromatic nitrogens is 1. The molecule has 0 amide bonds. The molecule has 1 aromatic heterocycles. The molecule has 7 heteroatoms. The maximum absolute atomic E-state index is 12.5. The fourth-order valence-corrected chi connectivity index (χ4v) is 2.74. The van der Waals surface area contributed by atoms with Crippen molar-refractivity contribution >= 4 is 28.6 Å². The van der Waals surface area contributed by atoms with Crippen LogP contribution in [0, 0.1) is 13.8 Å². The molecule has 20 heavy (non-hydrogen) atoms. The summed E-state index contributed by atoms with van der Waals surface area (Å²) < 4.78 is 37.5. The Kier molecular flexibility index (Phi) is 4.25. The van der Waals surface area contributed by atoms with E-state index in [1.807, 2.05) is 13.8 Å². The van der Waals surface area contributed by atoms with Crippen LogP contribution < -0.4 is 5.32 Å². The Labute approximate surface area is 123 Å². The van der Waals surface area contributed by atoms with Crippen molar-refractivity contribution in [1.29, 1.82) is 0 Å². The van der Waals surface area contributed by atoms with Gasteiger partial charge in [0.05, 0.1) is 28.5 Å². The van der Waals surface area contributed by atoms with Gasteiger partial charge in [0.2, 0.25) is 0 Å². The topological polar surface area (TPSA) is 24.9 Å². The predicted molar refractivity (Wildman–Crippen MR) is 75.4 cm³/mol. The van der Waals surface area contributed by atoms with Crippen LogP contribution in [0.1, 0.15) is 21.1 Å². The van der Waals surface area contributed by atoms with Crippen molar-refractivity contribution in [2.24, 2.45) is 0 Å². The summed E-state index contributed by atoms with van der Waals surface area (Å²) in [6, 6.07) is 3.26. The highest BCUT2D eigenvalue weighted by molar-refractivity contribution is 7.11. The Morgan fingerprint density at radius 3 is 2.50 bits per heavy atom. The fourth-order valence-electron chi connectivity index (χ4n) is 1.62. The second kappa shape index (κ2) is 5.61. The molecular formula is C13H12ClF3N2S. The van der Waals surface area contributed by atoms with Crippen molar-refractivity contribution in [2.45, 2.75) is 26.6 Å². The summed E-state index contributed by atoms with van der Waals surface area (Å²) in [6.07, 6.45) is -4.38. The molecule has 0 aliphatic carbocycles. The normalized spacial score (nSPS) is 11.7. The summed E-state index contributed by atoms with van der Waals surface area (Å²) in [6.45, 7) is 4.33. The third-order valence-electron chi connectivity index (χ3n) is 2.80. The van der Waals surface area contributed by atoms with Gasteiger partial charge in [0.15, 0.2) is 0 Å². The Morgan fingerprint density at radius 1 is 1.30 bits per heavy atom. The molecule has 1 N–H and O–H groups in total. The Balaban J connectivity index is 2.10. The van der Waals surface area contributed by atoms with E-state index in [0.717, 1.165) is 27.7 Å². The molecule has 0 saturated heterocycles. The molecule has 0 bridgehead atoms. The quantitative estimate of drug-likeness (QED) is 0.856. The molecule has 2 nitrogen and oxygen atoms in total. The summed E-state index contributed by atoms with van der Waals surface area (Å²) in [5, 5.41) is 3.91. The average molecular weight is 321 g/mol. The molecule has 1 aromatic carbocycles. The van der Waals surface area contributed by atoms with Gasteiger partial charge in [0.25, 0.3) is 0 Å². The molecule has 2 aromatic rings. The van der Waals surface area contributed by atoms with Gasteiger partial charge in [-0.1, -0.05) is 11.6 Å². The number of thiazole rings is 1. The SMILES string of the molecule is Cc1nc(CNc2ccc(C(F)(F)F)cc2Cl)sc1C. The minimum Gasteiger partial charge on any atom is -0.377 e. The largest absolute Gasteiger partial charge is 0.416 e. The smallest absolute Gasteiger partial charge is 0.377 e. The molecule has 0 atom stereocenters. The molecule has 0 unspecified atom stereocenters. The van der Waals surface area contributed by atoms with Crippen LogP contribution >= 0.6 is 22.9 Å². The number of anilines is 1. The molecule has 0 radical (unpaired) electrons. The van der Waals surface area contributed by atoms with E-state index >= 15 is 0 Å². The van der Waals surface area contributed by atoms with Crippen molar-refractivity contribution in [1.82, 2.24) is 4.98 Å². The van der Waals surface area contributed by atoms with E-state index in [0.29, 0.717) is 12.2 Å². The second-order valence-corrected chi connectivity index (χ2v) is 5.99. The first kappa shape index (κ1) is 15.1. The molecule has 1 heterocycles. The maximum Gasteiger partial charge on any atom is 0.416 e. The Bertz CT molecular complexity index is 603. The standard InChI is InChI=1S/C13H12ClF3N2S/c1-7-8(2)20-12(19-7)6-18-11-4-3-9(5-10(11)14)13(15,16)17/h3-5,18H,6H2,1-2H3. The molecule has 108 valence electrons. The number of aryl methyl sites for hydroxylation is 2. The number of hydrogen-bond acceptors (Lipinski definition) is 3. The average Bonchev–Trinajstić information content (AvgIpc) is 2.66. The highest BCUT2D eigenvalue weighted by Gasteiger charge is 2.30. The zero-order chi connectivity index (χ0) is 14.9. The lowest BCUT2D eigenvalue weighted by Gasteiger charge is -2.11. The second-order valence-electron chi connectivity index (χ2n) is 4.30. The summed E-state index contributed by atoms with van der Waals surface area (Å²) in [4.78, 5) is 5.47. The summed E-state index contributed by atoms with van der Waals surface area (Å²) in [5.74, 6) is 0.